The summed E-state index contributed by atoms with van der Waals surface area (Å²) < 4.78 is 5.52. The molecule has 1 saturated heterocycles. The molecule has 0 aromatic heterocycles. The lowest BCUT2D eigenvalue weighted by molar-refractivity contribution is -0.152. The summed E-state index contributed by atoms with van der Waals surface area (Å²) >= 11 is 0. The maximum Gasteiger partial charge on any atom is 0.222 e. The first kappa shape index (κ1) is 10.5. The molecular weight excluding hydrogens is 166 g/mol. The highest BCUT2D eigenvalue weighted by Gasteiger charge is 2.35. The van der Waals surface area contributed by atoms with Crippen LogP contribution in [0.2, 0.25) is 0 Å². The van der Waals surface area contributed by atoms with Gasteiger partial charge in [-0.25, -0.2) is 0 Å². The third-order valence-electron chi connectivity index (χ3n) is 2.49. The second-order valence-electron chi connectivity index (χ2n) is 4.29. The Morgan fingerprint density at radius 1 is 1.62 bits per heavy atom. The lowest BCUT2D eigenvalue weighted by atomic mass is 10.0. The van der Waals surface area contributed by atoms with E-state index in [1.165, 1.54) is 0 Å². The molecule has 1 rings (SSSR count). The van der Waals surface area contributed by atoms with Crippen LogP contribution in [-0.4, -0.2) is 35.6 Å². The highest BCUT2D eigenvalue weighted by molar-refractivity contribution is 5.76. The minimum Gasteiger partial charge on any atom is -0.374 e. The SMILES string of the molecule is CCC(=O)N1CC(C)OCC1(C)C. The number of morpholine rings is 1. The molecule has 3 heteroatoms. The molecule has 0 N–H and O–H groups in total. The van der Waals surface area contributed by atoms with Gasteiger partial charge >= 0.3 is 0 Å². The van der Waals surface area contributed by atoms with Gasteiger partial charge in [0.05, 0.1) is 18.2 Å². The second-order valence-corrected chi connectivity index (χ2v) is 4.29. The number of carbonyl (C=O) groups is 1. The van der Waals surface area contributed by atoms with Crippen LogP contribution in [-0.2, 0) is 9.53 Å². The molecule has 1 heterocycles. The number of amides is 1. The fraction of sp³-hybridized carbons (Fsp3) is 0.900. The fourth-order valence-electron chi connectivity index (χ4n) is 1.61. The van der Waals surface area contributed by atoms with E-state index in [0.29, 0.717) is 13.0 Å². The second kappa shape index (κ2) is 3.66. The van der Waals surface area contributed by atoms with Crippen LogP contribution in [0.4, 0.5) is 0 Å². The van der Waals surface area contributed by atoms with Crippen LogP contribution >= 0.6 is 0 Å². The fourth-order valence-corrected chi connectivity index (χ4v) is 1.61. The van der Waals surface area contributed by atoms with Gasteiger partial charge < -0.3 is 9.64 Å². The zero-order chi connectivity index (χ0) is 10.1. The van der Waals surface area contributed by atoms with Crippen LogP contribution in [0.1, 0.15) is 34.1 Å². The molecule has 0 radical (unpaired) electrons. The molecule has 0 bridgehead atoms. The molecule has 1 unspecified atom stereocenters. The maximum absolute atomic E-state index is 11.6. The van der Waals surface area contributed by atoms with Crippen LogP contribution in [0.5, 0.6) is 0 Å². The molecule has 1 aliphatic rings. The Labute approximate surface area is 80.1 Å². The molecule has 1 fully saturated rings. The van der Waals surface area contributed by atoms with Crippen molar-refractivity contribution < 1.29 is 9.53 Å². The zero-order valence-corrected chi connectivity index (χ0v) is 8.96. The standard InChI is InChI=1S/C10H19NO2/c1-5-9(12)11-6-8(2)13-7-10(11,3)4/h8H,5-7H2,1-4H3. The van der Waals surface area contributed by atoms with E-state index in [1.807, 2.05) is 32.6 Å². The van der Waals surface area contributed by atoms with Crippen molar-refractivity contribution in [2.45, 2.75) is 45.8 Å². The highest BCUT2D eigenvalue weighted by atomic mass is 16.5. The van der Waals surface area contributed by atoms with E-state index in [1.54, 1.807) is 0 Å². The van der Waals surface area contributed by atoms with Gasteiger partial charge in [0.1, 0.15) is 0 Å². The number of rotatable bonds is 1. The van der Waals surface area contributed by atoms with Crippen molar-refractivity contribution in [1.82, 2.24) is 4.90 Å². The Morgan fingerprint density at radius 3 is 2.77 bits per heavy atom. The summed E-state index contributed by atoms with van der Waals surface area (Å²) in [6.07, 6.45) is 0.749. The van der Waals surface area contributed by atoms with E-state index < -0.39 is 0 Å². The van der Waals surface area contributed by atoms with Gasteiger partial charge in [-0.1, -0.05) is 6.92 Å². The summed E-state index contributed by atoms with van der Waals surface area (Å²) in [6.45, 7) is 9.36. The van der Waals surface area contributed by atoms with Crippen LogP contribution in [0.3, 0.4) is 0 Å². The van der Waals surface area contributed by atoms with E-state index in [2.05, 4.69) is 0 Å². The molecule has 0 aliphatic carbocycles. The molecule has 1 atom stereocenters. The number of hydrogen-bond acceptors (Lipinski definition) is 2. The van der Waals surface area contributed by atoms with E-state index in [-0.39, 0.29) is 17.6 Å². The highest BCUT2D eigenvalue weighted by Crippen LogP contribution is 2.22. The average molecular weight is 185 g/mol. The van der Waals surface area contributed by atoms with Gasteiger partial charge in [-0.2, -0.15) is 0 Å². The van der Waals surface area contributed by atoms with Crippen LogP contribution < -0.4 is 0 Å². The largest absolute Gasteiger partial charge is 0.374 e. The number of nitrogens with zero attached hydrogens (tertiary/aromatic N) is 1. The molecular formula is C10H19NO2. The summed E-state index contributed by atoms with van der Waals surface area (Å²) in [5, 5.41) is 0. The van der Waals surface area contributed by atoms with Crippen LogP contribution in [0.25, 0.3) is 0 Å². The first-order valence-electron chi connectivity index (χ1n) is 4.89. The molecule has 0 aromatic carbocycles. The molecule has 0 aromatic rings. The van der Waals surface area contributed by atoms with Crippen molar-refractivity contribution in [2.75, 3.05) is 13.2 Å². The molecule has 13 heavy (non-hydrogen) atoms. The Balaban J connectivity index is 2.72. The Hall–Kier alpha value is -0.570. The third kappa shape index (κ3) is 2.21. The van der Waals surface area contributed by atoms with Gasteiger partial charge in [-0.3, -0.25) is 4.79 Å². The summed E-state index contributed by atoms with van der Waals surface area (Å²) in [6, 6.07) is 0. The average Bonchev–Trinajstić information content (AvgIpc) is 2.08. The Bertz CT molecular complexity index is 201. The molecule has 1 amide bonds. The lowest BCUT2D eigenvalue weighted by Crippen LogP contribution is -2.57. The third-order valence-corrected chi connectivity index (χ3v) is 2.49. The molecule has 3 nitrogen and oxygen atoms in total. The Kier molecular flexibility index (Phi) is 2.96. The van der Waals surface area contributed by atoms with Crippen molar-refractivity contribution >= 4 is 5.91 Å². The van der Waals surface area contributed by atoms with E-state index >= 15 is 0 Å². The monoisotopic (exact) mass is 185 g/mol. The first-order valence-corrected chi connectivity index (χ1v) is 4.89. The van der Waals surface area contributed by atoms with E-state index in [9.17, 15) is 4.79 Å². The van der Waals surface area contributed by atoms with Gasteiger partial charge in [-0.15, -0.1) is 0 Å². The quantitative estimate of drug-likeness (QED) is 0.618. The summed E-state index contributed by atoms with van der Waals surface area (Å²) in [7, 11) is 0. The minimum atomic E-state index is -0.139. The predicted molar refractivity (Wildman–Crippen MR) is 51.5 cm³/mol. The lowest BCUT2D eigenvalue weighted by Gasteiger charge is -2.44. The van der Waals surface area contributed by atoms with E-state index in [0.717, 1.165) is 6.54 Å². The number of hydrogen-bond donors (Lipinski definition) is 0. The van der Waals surface area contributed by atoms with Crippen LogP contribution in [0.15, 0.2) is 0 Å². The molecule has 0 saturated carbocycles. The van der Waals surface area contributed by atoms with Gasteiger partial charge in [0.25, 0.3) is 0 Å². The Morgan fingerprint density at radius 2 is 2.23 bits per heavy atom. The smallest absolute Gasteiger partial charge is 0.222 e. The van der Waals surface area contributed by atoms with E-state index in [4.69, 9.17) is 4.74 Å². The summed E-state index contributed by atoms with van der Waals surface area (Å²) in [4.78, 5) is 13.5. The van der Waals surface area contributed by atoms with Gasteiger partial charge in [0.2, 0.25) is 5.91 Å². The van der Waals surface area contributed by atoms with Crippen molar-refractivity contribution in [3.8, 4) is 0 Å². The number of carbonyl (C=O) groups excluding carboxylic acids is 1. The van der Waals surface area contributed by atoms with Crippen molar-refractivity contribution in [3.63, 3.8) is 0 Å². The zero-order valence-electron chi connectivity index (χ0n) is 8.96. The number of ether oxygens (including phenoxy) is 1. The van der Waals surface area contributed by atoms with Gasteiger partial charge in [0, 0.05) is 13.0 Å². The summed E-state index contributed by atoms with van der Waals surface area (Å²) in [5.41, 5.74) is -0.139. The first-order chi connectivity index (χ1) is 5.97. The van der Waals surface area contributed by atoms with Gasteiger partial charge in [-0.05, 0) is 20.8 Å². The normalized spacial score (nSPS) is 27.4. The molecule has 76 valence electrons. The van der Waals surface area contributed by atoms with Crippen LogP contribution in [0, 0.1) is 0 Å². The van der Waals surface area contributed by atoms with Crippen molar-refractivity contribution in [1.29, 1.82) is 0 Å². The summed E-state index contributed by atoms with van der Waals surface area (Å²) in [5.74, 6) is 0.222. The van der Waals surface area contributed by atoms with Crippen molar-refractivity contribution in [3.05, 3.63) is 0 Å². The maximum atomic E-state index is 11.6. The topological polar surface area (TPSA) is 29.5 Å². The molecule has 0 spiro atoms. The van der Waals surface area contributed by atoms with Gasteiger partial charge in [0.15, 0.2) is 0 Å². The van der Waals surface area contributed by atoms with Crippen molar-refractivity contribution in [2.24, 2.45) is 0 Å². The predicted octanol–water partition coefficient (Wildman–Crippen LogP) is 1.42. The minimum absolute atomic E-state index is 0.139. The molecule has 1 aliphatic heterocycles.